The molecule has 0 aliphatic carbocycles. The van der Waals surface area contributed by atoms with Crippen molar-refractivity contribution in [1.82, 2.24) is 25.5 Å². The first-order chi connectivity index (χ1) is 14.4. The first-order valence-corrected chi connectivity index (χ1v) is 9.80. The van der Waals surface area contributed by atoms with Gasteiger partial charge >= 0.3 is 0 Å². The number of benzene rings is 1. The van der Waals surface area contributed by atoms with E-state index in [0.717, 1.165) is 5.56 Å². The molecule has 0 unspecified atom stereocenters. The average Bonchev–Trinajstić information content (AvgIpc) is 3.20. The summed E-state index contributed by atoms with van der Waals surface area (Å²) in [5.74, 6) is 0.00705. The quantitative estimate of drug-likeness (QED) is 0.528. The van der Waals surface area contributed by atoms with Gasteiger partial charge in [0.15, 0.2) is 5.82 Å². The summed E-state index contributed by atoms with van der Waals surface area (Å²) in [6, 6.07) is 10.8. The Bertz CT molecular complexity index is 827. The molecule has 10 nitrogen and oxygen atoms in total. The fourth-order valence-corrected chi connectivity index (χ4v) is 2.66. The highest BCUT2D eigenvalue weighted by Crippen LogP contribution is 2.19. The minimum Gasteiger partial charge on any atom is -0.379 e. The van der Waals surface area contributed by atoms with Crippen molar-refractivity contribution in [2.75, 3.05) is 19.8 Å². The maximum atomic E-state index is 12.5. The average molecular weight is 415 g/mol. The van der Waals surface area contributed by atoms with Crippen molar-refractivity contribution >= 4 is 5.91 Å². The second-order valence-electron chi connectivity index (χ2n) is 7.41. The van der Waals surface area contributed by atoms with Gasteiger partial charge in [-0.25, -0.2) is 4.68 Å². The van der Waals surface area contributed by atoms with Crippen molar-refractivity contribution in [2.45, 2.75) is 51.4 Å². The number of nitrogens with zero attached hydrogens (tertiary/aromatic N) is 5. The predicted octanol–water partition coefficient (Wildman–Crippen LogP) is 1.28. The van der Waals surface area contributed by atoms with E-state index < -0.39 is 11.6 Å². The van der Waals surface area contributed by atoms with Crippen LogP contribution >= 0.6 is 0 Å². The van der Waals surface area contributed by atoms with E-state index in [9.17, 15) is 10.1 Å². The second-order valence-corrected chi connectivity index (χ2v) is 7.41. The molecule has 0 saturated heterocycles. The number of carbonyl (C=O) groups excluding carboxylic acids is 1. The van der Waals surface area contributed by atoms with Crippen LogP contribution in [0.15, 0.2) is 30.3 Å². The zero-order valence-corrected chi connectivity index (χ0v) is 17.6. The zero-order chi connectivity index (χ0) is 22.0. The molecule has 0 radical (unpaired) electrons. The highest BCUT2D eigenvalue weighted by atomic mass is 16.5. The Morgan fingerprint density at radius 3 is 2.67 bits per heavy atom. The number of aromatic nitrogens is 4. The van der Waals surface area contributed by atoms with Crippen molar-refractivity contribution in [3.05, 3.63) is 41.7 Å². The smallest absolute Gasteiger partial charge is 0.240 e. The standard InChI is InChI=1S/C20H29N7O3/c1-4-29-13-16(10-11-21)27-18(24-25-26-27)17(23-19(28)20(2,3)22)14-30-12-15-8-6-5-7-9-15/h5-9,16-17H,4,10,12-14,22H2,1-3H3,(H,23,28)/t16-,17-/m1/s1. The number of tetrazole rings is 1. The molecule has 0 spiro atoms. The largest absolute Gasteiger partial charge is 0.379 e. The lowest BCUT2D eigenvalue weighted by molar-refractivity contribution is -0.126. The van der Waals surface area contributed by atoms with Gasteiger partial charge in [-0.2, -0.15) is 5.26 Å². The fourth-order valence-electron chi connectivity index (χ4n) is 2.66. The summed E-state index contributed by atoms with van der Waals surface area (Å²) in [6.45, 7) is 6.36. The number of hydrogen-bond donors (Lipinski definition) is 2. The third-order valence-corrected chi connectivity index (χ3v) is 4.30. The summed E-state index contributed by atoms with van der Waals surface area (Å²) in [5, 5.41) is 23.9. The van der Waals surface area contributed by atoms with E-state index in [1.165, 1.54) is 4.68 Å². The number of carbonyl (C=O) groups is 1. The Morgan fingerprint density at radius 2 is 2.03 bits per heavy atom. The molecule has 2 aromatic rings. The van der Waals surface area contributed by atoms with Crippen LogP contribution in [0.4, 0.5) is 0 Å². The van der Waals surface area contributed by atoms with E-state index >= 15 is 0 Å². The van der Waals surface area contributed by atoms with Crippen molar-refractivity contribution < 1.29 is 14.3 Å². The molecule has 1 aromatic heterocycles. The maximum absolute atomic E-state index is 12.5. The molecule has 0 saturated carbocycles. The molecule has 2 atom stereocenters. The third-order valence-electron chi connectivity index (χ3n) is 4.30. The molecular formula is C20H29N7O3. The first kappa shape index (κ1) is 23.4. The van der Waals surface area contributed by atoms with Crippen LogP contribution in [0.5, 0.6) is 0 Å². The summed E-state index contributed by atoms with van der Waals surface area (Å²) < 4.78 is 12.8. The third kappa shape index (κ3) is 6.88. The van der Waals surface area contributed by atoms with E-state index in [-0.39, 0.29) is 31.6 Å². The van der Waals surface area contributed by atoms with Crippen LogP contribution in [0.2, 0.25) is 0 Å². The van der Waals surface area contributed by atoms with E-state index in [2.05, 4.69) is 26.9 Å². The van der Waals surface area contributed by atoms with Crippen LogP contribution in [0, 0.1) is 11.3 Å². The van der Waals surface area contributed by atoms with Crippen LogP contribution in [0.25, 0.3) is 0 Å². The molecular weight excluding hydrogens is 386 g/mol. The summed E-state index contributed by atoms with van der Waals surface area (Å²) in [7, 11) is 0. The van der Waals surface area contributed by atoms with Crippen LogP contribution in [0.1, 0.15) is 50.7 Å². The van der Waals surface area contributed by atoms with Gasteiger partial charge in [0.2, 0.25) is 5.91 Å². The normalized spacial score (nSPS) is 13.4. The number of amides is 1. The number of rotatable bonds is 12. The molecule has 1 aromatic carbocycles. The SMILES string of the molecule is CCOC[C@@H](CC#N)n1nnnc1[C@@H](COCc1ccccc1)NC(=O)C(C)(C)N. The number of nitrogens with two attached hydrogens (primary N) is 1. The molecule has 0 bridgehead atoms. The number of nitrogens with one attached hydrogen (secondary N) is 1. The van der Waals surface area contributed by atoms with Gasteiger partial charge < -0.3 is 20.5 Å². The monoisotopic (exact) mass is 415 g/mol. The lowest BCUT2D eigenvalue weighted by atomic mass is 10.1. The van der Waals surface area contributed by atoms with Crippen LogP contribution in [0.3, 0.4) is 0 Å². The van der Waals surface area contributed by atoms with Gasteiger partial charge in [0.1, 0.15) is 6.04 Å². The fraction of sp³-hybridized carbons (Fsp3) is 0.550. The minimum atomic E-state index is -1.09. The van der Waals surface area contributed by atoms with Crippen molar-refractivity contribution in [3.63, 3.8) is 0 Å². The Hall–Kier alpha value is -2.87. The van der Waals surface area contributed by atoms with Gasteiger partial charge in [0, 0.05) is 6.61 Å². The Morgan fingerprint density at radius 1 is 1.30 bits per heavy atom. The summed E-state index contributed by atoms with van der Waals surface area (Å²) >= 11 is 0. The molecule has 1 heterocycles. The van der Waals surface area contributed by atoms with Gasteiger partial charge in [0.05, 0.1) is 43.9 Å². The van der Waals surface area contributed by atoms with Crippen molar-refractivity contribution in [2.24, 2.45) is 5.73 Å². The number of nitriles is 1. The highest BCUT2D eigenvalue weighted by molar-refractivity contribution is 5.85. The Labute approximate surface area is 176 Å². The van der Waals surface area contributed by atoms with Gasteiger partial charge in [-0.3, -0.25) is 4.79 Å². The first-order valence-electron chi connectivity index (χ1n) is 9.80. The topological polar surface area (TPSA) is 141 Å². The molecule has 0 aliphatic heterocycles. The molecule has 3 N–H and O–H groups in total. The van der Waals surface area contributed by atoms with Gasteiger partial charge in [0.25, 0.3) is 0 Å². The summed E-state index contributed by atoms with van der Waals surface area (Å²) in [4.78, 5) is 12.5. The number of ether oxygens (including phenoxy) is 2. The van der Waals surface area contributed by atoms with Crippen molar-refractivity contribution in [1.29, 1.82) is 5.26 Å². The molecule has 0 fully saturated rings. The molecule has 162 valence electrons. The lowest BCUT2D eigenvalue weighted by Gasteiger charge is -2.25. The summed E-state index contributed by atoms with van der Waals surface area (Å²) in [5.41, 5.74) is 5.85. The zero-order valence-electron chi connectivity index (χ0n) is 17.6. The second kappa shape index (κ2) is 11.3. The molecule has 30 heavy (non-hydrogen) atoms. The van der Waals surface area contributed by atoms with E-state index in [1.54, 1.807) is 13.8 Å². The number of hydrogen-bond acceptors (Lipinski definition) is 8. The van der Waals surface area contributed by atoms with Crippen LogP contribution < -0.4 is 11.1 Å². The molecule has 0 aliphatic rings. The van der Waals surface area contributed by atoms with Crippen LogP contribution in [-0.2, 0) is 20.9 Å². The molecule has 10 heteroatoms. The highest BCUT2D eigenvalue weighted by Gasteiger charge is 2.30. The Balaban J connectivity index is 2.22. The van der Waals surface area contributed by atoms with Crippen molar-refractivity contribution in [3.8, 4) is 6.07 Å². The lowest BCUT2D eigenvalue weighted by Crippen LogP contribution is -2.51. The molecule has 2 rings (SSSR count). The maximum Gasteiger partial charge on any atom is 0.240 e. The Kier molecular flexibility index (Phi) is 8.86. The van der Waals surface area contributed by atoms with Gasteiger partial charge in [-0.15, -0.1) is 5.10 Å². The van der Waals surface area contributed by atoms with E-state index in [1.807, 2.05) is 37.3 Å². The predicted molar refractivity (Wildman–Crippen MR) is 109 cm³/mol. The summed E-state index contributed by atoms with van der Waals surface area (Å²) in [6.07, 6.45) is 0.159. The van der Waals surface area contributed by atoms with Crippen LogP contribution in [-0.4, -0.2) is 51.5 Å². The minimum absolute atomic E-state index is 0.130. The van der Waals surface area contributed by atoms with Gasteiger partial charge in [-0.05, 0) is 36.8 Å². The van der Waals surface area contributed by atoms with Gasteiger partial charge in [-0.1, -0.05) is 30.3 Å². The molecule has 1 amide bonds. The van der Waals surface area contributed by atoms with E-state index in [4.69, 9.17) is 15.2 Å². The van der Waals surface area contributed by atoms with E-state index in [0.29, 0.717) is 19.0 Å².